The number of carbonyl (C=O) groups is 1. The second kappa shape index (κ2) is 12.4. The van der Waals surface area contributed by atoms with E-state index in [0.717, 1.165) is 62.0 Å². The Balaban J connectivity index is 0.00000210. The number of benzene rings is 1. The maximum absolute atomic E-state index is 11.2. The van der Waals surface area contributed by atoms with Gasteiger partial charge in [-0.1, -0.05) is 12.1 Å². The molecule has 0 saturated carbocycles. The minimum atomic E-state index is 0. The summed E-state index contributed by atoms with van der Waals surface area (Å²) in [6.45, 7) is 11.8. The molecular weight excluding hydrogens is 407 g/mol. The summed E-state index contributed by atoms with van der Waals surface area (Å²) in [7, 11) is 0. The van der Waals surface area contributed by atoms with E-state index in [1.54, 1.807) is 6.92 Å². The van der Waals surface area contributed by atoms with Gasteiger partial charge in [0, 0.05) is 26.2 Å². The SMILES string of the molecule is CC(=O)CN1CCC(CCN2CCN(c3cccc(C)c3C#N)CC2)CC1.Cl.Cl. The van der Waals surface area contributed by atoms with Gasteiger partial charge in [-0.2, -0.15) is 5.26 Å². The molecule has 1 aromatic carbocycles. The Labute approximate surface area is 187 Å². The molecule has 0 radical (unpaired) electrons. The predicted molar refractivity (Wildman–Crippen MR) is 124 cm³/mol. The fraction of sp³-hybridized carbons (Fsp3) is 0.636. The summed E-state index contributed by atoms with van der Waals surface area (Å²) < 4.78 is 0. The quantitative estimate of drug-likeness (QED) is 0.676. The average Bonchev–Trinajstić information content (AvgIpc) is 2.67. The molecule has 2 aliphatic heterocycles. The van der Waals surface area contributed by atoms with Gasteiger partial charge in [0.1, 0.15) is 11.9 Å². The second-order valence-electron chi connectivity index (χ2n) is 8.12. The van der Waals surface area contributed by atoms with Crippen LogP contribution in [0.5, 0.6) is 0 Å². The number of hydrogen-bond donors (Lipinski definition) is 0. The molecule has 2 saturated heterocycles. The summed E-state index contributed by atoms with van der Waals surface area (Å²) in [6, 6.07) is 8.52. The van der Waals surface area contributed by atoms with E-state index in [9.17, 15) is 10.1 Å². The standard InChI is InChI=1S/C22H32N4O.2ClH/c1-18-4-3-5-22(21(18)16-23)26-14-12-24(13-15-26)9-6-20-7-10-25(11-8-20)17-19(2)27;;/h3-5,20H,6-15,17H2,1-2H3;2*1H. The predicted octanol–water partition coefficient (Wildman–Crippen LogP) is 3.52. The molecule has 2 fully saturated rings. The smallest absolute Gasteiger partial charge is 0.143 e. The van der Waals surface area contributed by atoms with Gasteiger partial charge in [0.15, 0.2) is 0 Å². The molecule has 0 amide bonds. The number of rotatable bonds is 6. The number of carbonyl (C=O) groups excluding carboxylic acids is 1. The molecule has 162 valence electrons. The summed E-state index contributed by atoms with van der Waals surface area (Å²) in [5, 5.41) is 9.47. The highest BCUT2D eigenvalue weighted by Crippen LogP contribution is 2.25. The lowest BCUT2D eigenvalue weighted by molar-refractivity contribution is -0.118. The van der Waals surface area contributed by atoms with Crippen LogP contribution in [0.4, 0.5) is 5.69 Å². The molecule has 0 atom stereocenters. The van der Waals surface area contributed by atoms with Gasteiger partial charge in [-0.25, -0.2) is 0 Å². The Morgan fingerprint density at radius 1 is 1.07 bits per heavy atom. The third-order valence-electron chi connectivity index (χ3n) is 6.08. The number of hydrogen-bond acceptors (Lipinski definition) is 5. The molecule has 0 aliphatic carbocycles. The number of anilines is 1. The molecule has 0 unspecified atom stereocenters. The second-order valence-corrected chi connectivity index (χ2v) is 8.12. The van der Waals surface area contributed by atoms with E-state index in [1.165, 1.54) is 25.8 Å². The normalized spacial score (nSPS) is 18.4. The number of nitriles is 1. The first kappa shape index (κ1) is 25.7. The first-order valence-corrected chi connectivity index (χ1v) is 10.3. The van der Waals surface area contributed by atoms with Crippen molar-refractivity contribution in [1.29, 1.82) is 5.26 Å². The minimum Gasteiger partial charge on any atom is -0.368 e. The zero-order valence-electron chi connectivity index (χ0n) is 17.6. The van der Waals surface area contributed by atoms with Crippen LogP contribution in [-0.2, 0) is 4.79 Å². The molecular formula is C22H34Cl2N4O. The molecule has 2 heterocycles. The lowest BCUT2D eigenvalue weighted by atomic mass is 9.93. The highest BCUT2D eigenvalue weighted by Gasteiger charge is 2.23. The van der Waals surface area contributed by atoms with Crippen molar-refractivity contribution < 1.29 is 4.79 Å². The van der Waals surface area contributed by atoms with Gasteiger partial charge in [0.05, 0.1) is 17.8 Å². The van der Waals surface area contributed by atoms with Crippen molar-refractivity contribution >= 4 is 36.3 Å². The number of nitrogens with zero attached hydrogens (tertiary/aromatic N) is 4. The van der Waals surface area contributed by atoms with Crippen molar-refractivity contribution in [3.05, 3.63) is 29.3 Å². The Bertz CT molecular complexity index is 691. The molecule has 0 aromatic heterocycles. The first-order chi connectivity index (χ1) is 13.1. The van der Waals surface area contributed by atoms with Gasteiger partial charge in [0.2, 0.25) is 0 Å². The van der Waals surface area contributed by atoms with Crippen LogP contribution >= 0.6 is 24.8 Å². The van der Waals surface area contributed by atoms with Gasteiger partial charge in [-0.15, -0.1) is 24.8 Å². The largest absolute Gasteiger partial charge is 0.368 e. The zero-order chi connectivity index (χ0) is 19.2. The summed E-state index contributed by atoms with van der Waals surface area (Å²) in [5.41, 5.74) is 2.98. The van der Waals surface area contributed by atoms with Crippen molar-refractivity contribution in [2.45, 2.75) is 33.1 Å². The number of halogens is 2. The van der Waals surface area contributed by atoms with Crippen molar-refractivity contribution in [1.82, 2.24) is 9.80 Å². The Morgan fingerprint density at radius 3 is 2.31 bits per heavy atom. The van der Waals surface area contributed by atoms with Crippen LogP contribution in [-0.4, -0.2) is 67.9 Å². The van der Waals surface area contributed by atoms with Crippen LogP contribution in [0.15, 0.2) is 18.2 Å². The molecule has 5 nitrogen and oxygen atoms in total. The van der Waals surface area contributed by atoms with Gasteiger partial charge >= 0.3 is 0 Å². The van der Waals surface area contributed by atoms with Crippen LogP contribution in [0.3, 0.4) is 0 Å². The van der Waals surface area contributed by atoms with Crippen molar-refractivity contribution in [3.8, 4) is 6.07 Å². The van der Waals surface area contributed by atoms with E-state index >= 15 is 0 Å². The molecule has 29 heavy (non-hydrogen) atoms. The van der Waals surface area contributed by atoms with Crippen LogP contribution in [0.1, 0.15) is 37.3 Å². The lowest BCUT2D eigenvalue weighted by Gasteiger charge is -2.38. The zero-order valence-corrected chi connectivity index (χ0v) is 19.2. The Hall–Kier alpha value is -1.32. The number of likely N-dealkylation sites (tertiary alicyclic amines) is 1. The monoisotopic (exact) mass is 440 g/mol. The minimum absolute atomic E-state index is 0. The number of aryl methyl sites for hydroxylation is 1. The van der Waals surface area contributed by atoms with E-state index in [0.29, 0.717) is 6.54 Å². The van der Waals surface area contributed by atoms with Crippen molar-refractivity contribution in [3.63, 3.8) is 0 Å². The molecule has 3 rings (SSSR count). The van der Waals surface area contributed by atoms with Gasteiger partial charge in [-0.05, 0) is 70.3 Å². The van der Waals surface area contributed by atoms with Crippen molar-refractivity contribution in [2.24, 2.45) is 5.92 Å². The maximum atomic E-state index is 11.2. The summed E-state index contributed by atoms with van der Waals surface area (Å²) >= 11 is 0. The van der Waals surface area contributed by atoms with Crippen LogP contribution in [0.25, 0.3) is 0 Å². The number of ketones is 1. The van der Waals surface area contributed by atoms with E-state index < -0.39 is 0 Å². The fourth-order valence-corrected chi connectivity index (χ4v) is 4.39. The van der Waals surface area contributed by atoms with Gasteiger partial charge in [-0.3, -0.25) is 14.6 Å². The summed E-state index contributed by atoms with van der Waals surface area (Å²) in [4.78, 5) is 18.5. The van der Waals surface area contributed by atoms with E-state index in [2.05, 4.69) is 32.9 Å². The Kier molecular flexibility index (Phi) is 11.0. The van der Waals surface area contributed by atoms with E-state index in [1.807, 2.05) is 13.0 Å². The third-order valence-corrected chi connectivity index (χ3v) is 6.08. The van der Waals surface area contributed by atoms with E-state index in [-0.39, 0.29) is 30.6 Å². The Morgan fingerprint density at radius 2 is 1.72 bits per heavy atom. The van der Waals surface area contributed by atoms with Crippen molar-refractivity contribution in [2.75, 3.05) is 57.3 Å². The van der Waals surface area contributed by atoms with E-state index in [4.69, 9.17) is 0 Å². The van der Waals surface area contributed by atoms with Crippen LogP contribution < -0.4 is 4.90 Å². The highest BCUT2D eigenvalue weighted by atomic mass is 35.5. The fourth-order valence-electron chi connectivity index (χ4n) is 4.39. The number of Topliss-reactive ketones (excluding diaryl/α,β-unsaturated/α-hetero) is 1. The number of piperazine rings is 1. The number of piperidine rings is 1. The first-order valence-electron chi connectivity index (χ1n) is 10.3. The summed E-state index contributed by atoms with van der Waals surface area (Å²) in [6.07, 6.45) is 3.71. The van der Waals surface area contributed by atoms with Crippen LogP contribution in [0.2, 0.25) is 0 Å². The average molecular weight is 441 g/mol. The highest BCUT2D eigenvalue weighted by molar-refractivity contribution is 5.85. The molecule has 0 spiro atoms. The van der Waals surface area contributed by atoms with Crippen LogP contribution in [0, 0.1) is 24.2 Å². The molecule has 1 aromatic rings. The topological polar surface area (TPSA) is 50.6 Å². The molecule has 7 heteroatoms. The molecule has 0 bridgehead atoms. The summed E-state index contributed by atoms with van der Waals surface area (Å²) in [5.74, 6) is 1.08. The molecule has 0 N–H and O–H groups in total. The van der Waals surface area contributed by atoms with Gasteiger partial charge in [0.25, 0.3) is 0 Å². The van der Waals surface area contributed by atoms with Gasteiger partial charge < -0.3 is 4.90 Å². The maximum Gasteiger partial charge on any atom is 0.143 e. The third kappa shape index (κ3) is 7.15. The lowest BCUT2D eigenvalue weighted by Crippen LogP contribution is -2.47. The molecule has 2 aliphatic rings.